The summed E-state index contributed by atoms with van der Waals surface area (Å²) in [5.41, 5.74) is 0. The van der Waals surface area contributed by atoms with E-state index in [9.17, 15) is 9.59 Å². The first-order valence-corrected chi connectivity index (χ1v) is 8.87. The fourth-order valence-electron chi connectivity index (χ4n) is 3.82. The normalized spacial score (nSPS) is 29.4. The van der Waals surface area contributed by atoms with Crippen molar-refractivity contribution in [1.29, 1.82) is 0 Å². The van der Waals surface area contributed by atoms with E-state index < -0.39 is 0 Å². The highest BCUT2D eigenvalue weighted by atomic mass is 16.5. The summed E-state index contributed by atoms with van der Waals surface area (Å²) in [6.07, 6.45) is 3.27. The fourth-order valence-corrected chi connectivity index (χ4v) is 3.82. The Morgan fingerprint density at radius 3 is 2.79 bits per heavy atom. The van der Waals surface area contributed by atoms with Crippen LogP contribution in [0.5, 0.6) is 0 Å². The zero-order valence-corrected chi connectivity index (χ0v) is 14.0. The fraction of sp³-hybridized carbons (Fsp3) is 0.667. The van der Waals surface area contributed by atoms with E-state index in [2.05, 4.69) is 5.32 Å². The van der Waals surface area contributed by atoms with Crippen LogP contribution in [0.2, 0.25) is 0 Å². The Kier molecular flexibility index (Phi) is 4.08. The molecule has 2 amide bonds. The number of carbonyl (C=O) groups is 2. The topological polar surface area (TPSA) is 71.8 Å². The van der Waals surface area contributed by atoms with Crippen LogP contribution in [0.4, 0.5) is 0 Å². The standard InChI is InChI=1S/C18H24N2O4/c1-11-2-5-15(24-11)18(22)20-9-14(13-6-7-23-16(13)10-20)17(21)19-8-12-3-4-12/h2,5,12-14,16H,3-4,6-10H2,1H3,(H,19,21)/t13-,14-,16+/m0/s1. The molecule has 0 radical (unpaired) electrons. The number of hydrogen-bond acceptors (Lipinski definition) is 4. The van der Waals surface area contributed by atoms with Crippen molar-refractivity contribution in [2.75, 3.05) is 26.2 Å². The van der Waals surface area contributed by atoms with Gasteiger partial charge in [-0.1, -0.05) is 0 Å². The Morgan fingerprint density at radius 1 is 1.25 bits per heavy atom. The molecule has 3 heterocycles. The molecule has 1 aromatic rings. The second-order valence-corrected chi connectivity index (χ2v) is 7.28. The number of aryl methyl sites for hydroxylation is 1. The number of piperidine rings is 1. The summed E-state index contributed by atoms with van der Waals surface area (Å²) in [5.74, 6) is 1.63. The average molecular weight is 332 g/mol. The summed E-state index contributed by atoms with van der Waals surface area (Å²) in [4.78, 5) is 27.1. The number of nitrogens with zero attached hydrogens (tertiary/aromatic N) is 1. The van der Waals surface area contributed by atoms with Crippen LogP contribution < -0.4 is 5.32 Å². The second-order valence-electron chi connectivity index (χ2n) is 7.28. The monoisotopic (exact) mass is 332 g/mol. The van der Waals surface area contributed by atoms with Gasteiger partial charge in [0.2, 0.25) is 5.91 Å². The lowest BCUT2D eigenvalue weighted by molar-refractivity contribution is -0.130. The first-order valence-electron chi connectivity index (χ1n) is 8.87. The lowest BCUT2D eigenvalue weighted by Gasteiger charge is -2.39. The van der Waals surface area contributed by atoms with Gasteiger partial charge >= 0.3 is 0 Å². The van der Waals surface area contributed by atoms with E-state index in [1.807, 2.05) is 6.92 Å². The molecule has 24 heavy (non-hydrogen) atoms. The predicted octanol–water partition coefficient (Wildman–Crippen LogP) is 1.59. The van der Waals surface area contributed by atoms with Crippen molar-refractivity contribution >= 4 is 11.8 Å². The van der Waals surface area contributed by atoms with Crippen molar-refractivity contribution < 1.29 is 18.7 Å². The van der Waals surface area contributed by atoms with E-state index in [4.69, 9.17) is 9.15 Å². The van der Waals surface area contributed by atoms with Crippen LogP contribution in [0.1, 0.15) is 35.6 Å². The van der Waals surface area contributed by atoms with Crippen molar-refractivity contribution in [1.82, 2.24) is 10.2 Å². The molecule has 3 fully saturated rings. The number of amides is 2. The van der Waals surface area contributed by atoms with Crippen LogP contribution in [-0.2, 0) is 9.53 Å². The molecule has 3 aliphatic rings. The molecule has 130 valence electrons. The third kappa shape index (κ3) is 3.07. The maximum atomic E-state index is 12.7. The molecular formula is C18H24N2O4. The number of nitrogens with one attached hydrogen (secondary N) is 1. The van der Waals surface area contributed by atoms with Gasteiger partial charge in [-0.2, -0.15) is 0 Å². The molecule has 6 heteroatoms. The average Bonchev–Trinajstić information content (AvgIpc) is 3.11. The smallest absolute Gasteiger partial charge is 0.289 e. The Balaban J connectivity index is 1.47. The van der Waals surface area contributed by atoms with Gasteiger partial charge in [-0.3, -0.25) is 9.59 Å². The molecule has 0 unspecified atom stereocenters. The van der Waals surface area contributed by atoms with Gasteiger partial charge in [0.05, 0.1) is 12.0 Å². The lowest BCUT2D eigenvalue weighted by Crippen LogP contribution is -2.54. The maximum absolute atomic E-state index is 12.7. The molecule has 0 spiro atoms. The first kappa shape index (κ1) is 15.7. The van der Waals surface area contributed by atoms with Crippen molar-refractivity contribution in [3.8, 4) is 0 Å². The molecule has 3 atom stereocenters. The third-order valence-electron chi connectivity index (χ3n) is 5.43. The second kappa shape index (κ2) is 6.24. The van der Waals surface area contributed by atoms with Crippen LogP contribution in [0, 0.1) is 24.7 Å². The highest BCUT2D eigenvalue weighted by molar-refractivity contribution is 5.92. The van der Waals surface area contributed by atoms with E-state index in [0.717, 1.165) is 13.0 Å². The number of hydrogen-bond donors (Lipinski definition) is 1. The maximum Gasteiger partial charge on any atom is 0.289 e. The molecule has 1 N–H and O–H groups in total. The molecule has 2 saturated heterocycles. The Morgan fingerprint density at radius 2 is 2.08 bits per heavy atom. The summed E-state index contributed by atoms with van der Waals surface area (Å²) in [6, 6.07) is 3.48. The van der Waals surface area contributed by atoms with E-state index in [1.165, 1.54) is 12.8 Å². The van der Waals surface area contributed by atoms with Gasteiger partial charge in [0.15, 0.2) is 5.76 Å². The molecule has 1 aliphatic carbocycles. The Hall–Kier alpha value is -1.82. The summed E-state index contributed by atoms with van der Waals surface area (Å²) in [7, 11) is 0. The zero-order valence-electron chi connectivity index (χ0n) is 14.0. The SMILES string of the molecule is Cc1ccc(C(=O)N2C[C@H](C(=O)NCC3CC3)[C@@H]3CCO[C@@H]3C2)o1. The van der Waals surface area contributed by atoms with Crippen molar-refractivity contribution in [3.63, 3.8) is 0 Å². The van der Waals surface area contributed by atoms with Crippen molar-refractivity contribution in [2.45, 2.75) is 32.3 Å². The number of ether oxygens (including phenoxy) is 1. The summed E-state index contributed by atoms with van der Waals surface area (Å²) >= 11 is 0. The van der Waals surface area contributed by atoms with Crippen LogP contribution >= 0.6 is 0 Å². The van der Waals surface area contributed by atoms with Gasteiger partial charge in [0.25, 0.3) is 5.91 Å². The highest BCUT2D eigenvalue weighted by Gasteiger charge is 2.45. The molecule has 1 saturated carbocycles. The van der Waals surface area contributed by atoms with Crippen LogP contribution in [-0.4, -0.2) is 49.1 Å². The summed E-state index contributed by atoms with van der Waals surface area (Å²) in [5, 5.41) is 3.07. The molecule has 1 aromatic heterocycles. The summed E-state index contributed by atoms with van der Waals surface area (Å²) < 4.78 is 11.3. The minimum absolute atomic E-state index is 0.0459. The first-order chi connectivity index (χ1) is 11.6. The van der Waals surface area contributed by atoms with Gasteiger partial charge in [0.1, 0.15) is 5.76 Å². The molecular weight excluding hydrogens is 308 g/mol. The molecule has 0 bridgehead atoms. The largest absolute Gasteiger partial charge is 0.456 e. The minimum Gasteiger partial charge on any atom is -0.456 e. The third-order valence-corrected chi connectivity index (χ3v) is 5.43. The van der Waals surface area contributed by atoms with Crippen molar-refractivity contribution in [3.05, 3.63) is 23.7 Å². The Labute approximate surface area is 141 Å². The van der Waals surface area contributed by atoms with Gasteiger partial charge in [-0.15, -0.1) is 0 Å². The highest BCUT2D eigenvalue weighted by Crippen LogP contribution is 2.35. The van der Waals surface area contributed by atoms with E-state index >= 15 is 0 Å². The number of likely N-dealkylation sites (tertiary alicyclic amines) is 1. The van der Waals surface area contributed by atoms with Gasteiger partial charge in [0, 0.05) is 32.2 Å². The molecule has 2 aliphatic heterocycles. The van der Waals surface area contributed by atoms with E-state index in [1.54, 1.807) is 17.0 Å². The van der Waals surface area contributed by atoms with Gasteiger partial charge in [-0.25, -0.2) is 0 Å². The van der Waals surface area contributed by atoms with Crippen LogP contribution in [0.25, 0.3) is 0 Å². The zero-order chi connectivity index (χ0) is 16.7. The van der Waals surface area contributed by atoms with Crippen molar-refractivity contribution in [2.24, 2.45) is 17.8 Å². The number of rotatable bonds is 4. The Bertz CT molecular complexity index is 637. The number of carbonyl (C=O) groups excluding carboxylic acids is 2. The summed E-state index contributed by atoms with van der Waals surface area (Å²) in [6.45, 7) is 4.23. The number of fused-ring (bicyclic) bond motifs is 1. The van der Waals surface area contributed by atoms with E-state index in [0.29, 0.717) is 37.1 Å². The van der Waals surface area contributed by atoms with Crippen LogP contribution in [0.15, 0.2) is 16.5 Å². The quantitative estimate of drug-likeness (QED) is 0.909. The molecule has 6 nitrogen and oxygen atoms in total. The van der Waals surface area contributed by atoms with Crippen LogP contribution in [0.3, 0.4) is 0 Å². The predicted molar refractivity (Wildman–Crippen MR) is 86.4 cm³/mol. The van der Waals surface area contributed by atoms with Gasteiger partial charge < -0.3 is 19.4 Å². The van der Waals surface area contributed by atoms with E-state index in [-0.39, 0.29) is 29.8 Å². The number of furan rings is 1. The molecule has 4 rings (SSSR count). The lowest BCUT2D eigenvalue weighted by atomic mass is 9.82. The minimum atomic E-state index is -0.190. The molecule has 0 aromatic carbocycles. The van der Waals surface area contributed by atoms with Gasteiger partial charge in [-0.05, 0) is 44.2 Å².